The van der Waals surface area contributed by atoms with Gasteiger partial charge in [0.2, 0.25) is 5.91 Å². The second-order valence-electron chi connectivity index (χ2n) is 4.58. The third kappa shape index (κ3) is 3.58. The highest BCUT2D eigenvalue weighted by Gasteiger charge is 2.13. The fourth-order valence-electron chi connectivity index (χ4n) is 2.01. The van der Waals surface area contributed by atoms with E-state index in [-0.39, 0.29) is 24.2 Å². The van der Waals surface area contributed by atoms with Gasteiger partial charge in [-0.1, -0.05) is 48.0 Å². The normalized spacial score (nSPS) is 11.9. The summed E-state index contributed by atoms with van der Waals surface area (Å²) in [5.74, 6) is -0.601. The van der Waals surface area contributed by atoms with Crippen molar-refractivity contribution in [3.8, 4) is 0 Å². The molecule has 0 spiro atoms. The maximum Gasteiger partial charge on any atom is 0.225 e. The van der Waals surface area contributed by atoms with Gasteiger partial charge >= 0.3 is 0 Å². The zero-order valence-corrected chi connectivity index (χ0v) is 11.8. The first-order valence-corrected chi connectivity index (χ1v) is 6.73. The van der Waals surface area contributed by atoms with Crippen LogP contribution >= 0.6 is 11.6 Å². The molecule has 2 rings (SSSR count). The summed E-state index contributed by atoms with van der Waals surface area (Å²) in [5, 5.41) is 3.43. The molecule has 0 saturated heterocycles. The minimum absolute atomic E-state index is 0.0153. The SMILES string of the molecule is CC(NC(=O)Cc1ccccc1F)c1ccccc1Cl. The van der Waals surface area contributed by atoms with E-state index in [9.17, 15) is 9.18 Å². The van der Waals surface area contributed by atoms with E-state index in [1.165, 1.54) is 6.07 Å². The van der Waals surface area contributed by atoms with Gasteiger partial charge in [-0.2, -0.15) is 0 Å². The molecule has 0 radical (unpaired) electrons. The zero-order chi connectivity index (χ0) is 14.5. The Morgan fingerprint density at radius 1 is 1.20 bits per heavy atom. The van der Waals surface area contributed by atoms with Crippen molar-refractivity contribution >= 4 is 17.5 Å². The number of hydrogen-bond acceptors (Lipinski definition) is 1. The molecule has 0 aliphatic carbocycles. The average Bonchev–Trinajstić information content (AvgIpc) is 2.41. The molecule has 1 unspecified atom stereocenters. The Kier molecular flexibility index (Phi) is 4.74. The van der Waals surface area contributed by atoms with Crippen molar-refractivity contribution < 1.29 is 9.18 Å². The Morgan fingerprint density at radius 3 is 2.55 bits per heavy atom. The predicted molar refractivity (Wildman–Crippen MR) is 78.1 cm³/mol. The Labute approximate surface area is 122 Å². The molecule has 2 aromatic carbocycles. The number of carbonyl (C=O) groups excluding carboxylic acids is 1. The molecular formula is C16H15ClFNO. The number of nitrogens with one attached hydrogen (secondary N) is 1. The van der Waals surface area contributed by atoms with E-state index < -0.39 is 0 Å². The Bertz CT molecular complexity index is 615. The van der Waals surface area contributed by atoms with Gasteiger partial charge in [0.15, 0.2) is 0 Å². The van der Waals surface area contributed by atoms with Crippen molar-refractivity contribution in [3.63, 3.8) is 0 Å². The van der Waals surface area contributed by atoms with Gasteiger partial charge in [-0.15, -0.1) is 0 Å². The van der Waals surface area contributed by atoms with E-state index in [1.54, 1.807) is 24.3 Å². The highest BCUT2D eigenvalue weighted by atomic mass is 35.5. The lowest BCUT2D eigenvalue weighted by atomic mass is 10.1. The van der Waals surface area contributed by atoms with Gasteiger partial charge in [0, 0.05) is 5.02 Å². The lowest BCUT2D eigenvalue weighted by Crippen LogP contribution is -2.28. The van der Waals surface area contributed by atoms with E-state index in [0.717, 1.165) is 5.56 Å². The van der Waals surface area contributed by atoms with E-state index in [4.69, 9.17) is 11.6 Å². The molecule has 0 fully saturated rings. The maximum absolute atomic E-state index is 13.5. The predicted octanol–water partition coefficient (Wildman–Crippen LogP) is 3.90. The molecule has 2 aromatic rings. The van der Waals surface area contributed by atoms with Crippen molar-refractivity contribution in [1.29, 1.82) is 0 Å². The first-order valence-electron chi connectivity index (χ1n) is 6.35. The van der Waals surface area contributed by atoms with E-state index in [0.29, 0.717) is 10.6 Å². The first-order chi connectivity index (χ1) is 9.58. The molecule has 0 aliphatic rings. The highest BCUT2D eigenvalue weighted by molar-refractivity contribution is 6.31. The summed E-state index contributed by atoms with van der Waals surface area (Å²) in [4.78, 5) is 11.9. The van der Waals surface area contributed by atoms with Crippen molar-refractivity contribution in [2.75, 3.05) is 0 Å². The van der Waals surface area contributed by atoms with Crippen LogP contribution in [0.3, 0.4) is 0 Å². The van der Waals surface area contributed by atoms with Crippen LogP contribution in [0.5, 0.6) is 0 Å². The standard InChI is InChI=1S/C16H15ClFNO/c1-11(13-7-3-4-8-14(13)17)19-16(20)10-12-6-2-5-9-15(12)18/h2-9,11H,10H2,1H3,(H,19,20). The molecule has 0 aromatic heterocycles. The van der Waals surface area contributed by atoms with Crippen LogP contribution < -0.4 is 5.32 Å². The largest absolute Gasteiger partial charge is 0.349 e. The number of rotatable bonds is 4. The molecule has 2 nitrogen and oxygen atoms in total. The highest BCUT2D eigenvalue weighted by Crippen LogP contribution is 2.22. The summed E-state index contributed by atoms with van der Waals surface area (Å²) in [5.41, 5.74) is 1.23. The minimum atomic E-state index is -0.368. The van der Waals surface area contributed by atoms with Crippen molar-refractivity contribution in [2.24, 2.45) is 0 Å². The van der Waals surface area contributed by atoms with E-state index >= 15 is 0 Å². The van der Waals surface area contributed by atoms with Crippen LogP contribution in [-0.2, 0) is 11.2 Å². The van der Waals surface area contributed by atoms with E-state index in [2.05, 4.69) is 5.32 Å². The third-order valence-corrected chi connectivity index (χ3v) is 3.40. The number of halogens is 2. The number of amides is 1. The fourth-order valence-corrected chi connectivity index (χ4v) is 2.31. The average molecular weight is 292 g/mol. The molecule has 1 atom stereocenters. The van der Waals surface area contributed by atoms with E-state index in [1.807, 2.05) is 25.1 Å². The first kappa shape index (κ1) is 14.5. The van der Waals surface area contributed by atoms with Crippen LogP contribution in [0.15, 0.2) is 48.5 Å². The van der Waals surface area contributed by atoms with Gasteiger partial charge in [0.25, 0.3) is 0 Å². The van der Waals surface area contributed by atoms with Crippen molar-refractivity contribution in [2.45, 2.75) is 19.4 Å². The second kappa shape index (κ2) is 6.53. The smallest absolute Gasteiger partial charge is 0.225 e. The summed E-state index contributed by atoms with van der Waals surface area (Å²) < 4.78 is 13.5. The summed E-state index contributed by atoms with van der Waals surface area (Å²) in [6.07, 6.45) is 0.0153. The van der Waals surface area contributed by atoms with Gasteiger partial charge in [0.05, 0.1) is 12.5 Å². The van der Waals surface area contributed by atoms with Crippen molar-refractivity contribution in [3.05, 3.63) is 70.5 Å². The minimum Gasteiger partial charge on any atom is -0.349 e. The lowest BCUT2D eigenvalue weighted by Gasteiger charge is -2.15. The quantitative estimate of drug-likeness (QED) is 0.909. The van der Waals surface area contributed by atoms with Crippen LogP contribution in [0.25, 0.3) is 0 Å². The second-order valence-corrected chi connectivity index (χ2v) is 4.99. The Hall–Kier alpha value is -1.87. The lowest BCUT2D eigenvalue weighted by molar-refractivity contribution is -0.121. The molecule has 104 valence electrons. The molecular weight excluding hydrogens is 277 g/mol. The number of carbonyl (C=O) groups is 1. The molecule has 0 aliphatic heterocycles. The Balaban J connectivity index is 2.02. The molecule has 1 amide bonds. The topological polar surface area (TPSA) is 29.1 Å². The van der Waals surface area contributed by atoms with Gasteiger partial charge in [-0.3, -0.25) is 4.79 Å². The van der Waals surface area contributed by atoms with Gasteiger partial charge in [-0.05, 0) is 30.2 Å². The van der Waals surface area contributed by atoms with Crippen LogP contribution in [0.2, 0.25) is 5.02 Å². The summed E-state index contributed by atoms with van der Waals surface area (Å²) in [6.45, 7) is 1.85. The van der Waals surface area contributed by atoms with Crippen LogP contribution in [0, 0.1) is 5.82 Å². The zero-order valence-electron chi connectivity index (χ0n) is 11.1. The fraction of sp³-hybridized carbons (Fsp3) is 0.188. The van der Waals surface area contributed by atoms with Crippen LogP contribution in [0.4, 0.5) is 4.39 Å². The van der Waals surface area contributed by atoms with Gasteiger partial charge < -0.3 is 5.32 Å². The summed E-state index contributed by atoms with van der Waals surface area (Å²) in [7, 11) is 0. The number of hydrogen-bond donors (Lipinski definition) is 1. The molecule has 0 heterocycles. The molecule has 20 heavy (non-hydrogen) atoms. The molecule has 0 bridgehead atoms. The monoisotopic (exact) mass is 291 g/mol. The van der Waals surface area contributed by atoms with Gasteiger partial charge in [0.1, 0.15) is 5.82 Å². The summed E-state index contributed by atoms with van der Waals surface area (Å²) >= 11 is 6.08. The maximum atomic E-state index is 13.5. The molecule has 4 heteroatoms. The van der Waals surface area contributed by atoms with Crippen LogP contribution in [0.1, 0.15) is 24.1 Å². The summed E-state index contributed by atoms with van der Waals surface area (Å²) in [6, 6.07) is 13.4. The Morgan fingerprint density at radius 2 is 1.85 bits per heavy atom. The molecule has 0 saturated carbocycles. The molecule has 1 N–H and O–H groups in total. The van der Waals surface area contributed by atoms with Crippen molar-refractivity contribution in [1.82, 2.24) is 5.32 Å². The van der Waals surface area contributed by atoms with Crippen LogP contribution in [-0.4, -0.2) is 5.91 Å². The third-order valence-electron chi connectivity index (χ3n) is 3.06. The number of benzene rings is 2. The van der Waals surface area contributed by atoms with Gasteiger partial charge in [-0.25, -0.2) is 4.39 Å².